The topological polar surface area (TPSA) is 26.3 Å². The van der Waals surface area contributed by atoms with Gasteiger partial charge < -0.3 is 8.83 Å². The molecular formula is C54H32O2. The van der Waals surface area contributed by atoms with Crippen LogP contribution in [0.25, 0.3) is 121 Å². The van der Waals surface area contributed by atoms with Crippen molar-refractivity contribution in [2.24, 2.45) is 0 Å². The largest absolute Gasteiger partial charge is 0.455 e. The first-order chi connectivity index (χ1) is 27.8. The minimum atomic E-state index is 0.880. The van der Waals surface area contributed by atoms with Crippen molar-refractivity contribution in [2.45, 2.75) is 0 Å². The molecule has 12 rings (SSSR count). The van der Waals surface area contributed by atoms with E-state index in [2.05, 4.69) is 182 Å². The van der Waals surface area contributed by atoms with Gasteiger partial charge in [0.1, 0.15) is 22.3 Å². The lowest BCUT2D eigenvalue weighted by Crippen LogP contribution is -1.92. The maximum atomic E-state index is 6.93. The third kappa shape index (κ3) is 4.50. The Labute approximate surface area is 322 Å². The number of benzene rings is 10. The molecule has 0 spiro atoms. The highest BCUT2D eigenvalue weighted by Gasteiger charge is 2.23. The second kappa shape index (κ2) is 12.0. The number of hydrogen-bond donors (Lipinski definition) is 0. The molecular weight excluding hydrogens is 681 g/mol. The molecule has 0 radical (unpaired) electrons. The number of furan rings is 2. The van der Waals surface area contributed by atoms with Gasteiger partial charge in [0.25, 0.3) is 0 Å². The van der Waals surface area contributed by atoms with Crippen molar-refractivity contribution in [3.8, 4) is 44.5 Å². The second-order valence-corrected chi connectivity index (χ2v) is 14.7. The van der Waals surface area contributed by atoms with Crippen LogP contribution in [0.2, 0.25) is 0 Å². The molecule has 0 N–H and O–H groups in total. The zero-order valence-corrected chi connectivity index (χ0v) is 30.3. The van der Waals surface area contributed by atoms with Crippen molar-refractivity contribution in [2.75, 3.05) is 0 Å². The fourth-order valence-electron chi connectivity index (χ4n) is 9.22. The summed E-state index contributed by atoms with van der Waals surface area (Å²) in [6, 6.07) is 69.6. The average Bonchev–Trinajstić information content (AvgIpc) is 3.85. The maximum Gasteiger partial charge on any atom is 0.143 e. The van der Waals surface area contributed by atoms with E-state index in [1.54, 1.807) is 0 Å². The molecule has 2 heteroatoms. The smallest absolute Gasteiger partial charge is 0.143 e. The molecule has 0 saturated heterocycles. The summed E-state index contributed by atoms with van der Waals surface area (Å²) in [5, 5.41) is 11.8. The summed E-state index contributed by atoms with van der Waals surface area (Å²) in [4.78, 5) is 0. The molecule has 0 amide bonds. The van der Waals surface area contributed by atoms with Crippen molar-refractivity contribution in [3.63, 3.8) is 0 Å². The normalized spacial score (nSPS) is 11.9. The zero-order valence-electron chi connectivity index (χ0n) is 30.3. The van der Waals surface area contributed by atoms with Gasteiger partial charge in [-0.05, 0) is 78.3 Å². The molecule has 2 nitrogen and oxygen atoms in total. The highest BCUT2D eigenvalue weighted by molar-refractivity contribution is 6.27. The Kier molecular flexibility index (Phi) is 6.66. The zero-order chi connectivity index (χ0) is 36.7. The van der Waals surface area contributed by atoms with E-state index in [0.29, 0.717) is 0 Å². The number of rotatable bonds is 4. The van der Waals surface area contributed by atoms with Crippen LogP contribution in [-0.4, -0.2) is 0 Å². The van der Waals surface area contributed by atoms with E-state index in [0.717, 1.165) is 71.7 Å². The quantitative estimate of drug-likeness (QED) is 0.170. The van der Waals surface area contributed by atoms with Crippen molar-refractivity contribution in [1.29, 1.82) is 0 Å². The lowest BCUT2D eigenvalue weighted by molar-refractivity contribution is 0.669. The van der Waals surface area contributed by atoms with Crippen LogP contribution < -0.4 is 0 Å². The van der Waals surface area contributed by atoms with Gasteiger partial charge in [-0.2, -0.15) is 0 Å². The van der Waals surface area contributed by atoms with Crippen LogP contribution in [0.15, 0.2) is 203 Å². The first-order valence-corrected chi connectivity index (χ1v) is 19.2. The molecule has 0 aliphatic heterocycles. The molecule has 56 heavy (non-hydrogen) atoms. The van der Waals surface area contributed by atoms with Crippen molar-refractivity contribution < 1.29 is 8.83 Å². The summed E-state index contributed by atoms with van der Waals surface area (Å²) in [6.07, 6.45) is 0. The van der Waals surface area contributed by atoms with Gasteiger partial charge in [0.05, 0.1) is 0 Å². The van der Waals surface area contributed by atoms with Gasteiger partial charge in [0, 0.05) is 38.2 Å². The molecule has 10 aromatic carbocycles. The summed E-state index contributed by atoms with van der Waals surface area (Å²) in [7, 11) is 0. The highest BCUT2D eigenvalue weighted by atomic mass is 16.3. The summed E-state index contributed by atoms with van der Waals surface area (Å²) < 4.78 is 13.3. The molecule has 2 heterocycles. The second-order valence-electron chi connectivity index (χ2n) is 14.7. The first kappa shape index (κ1) is 31.0. The van der Waals surface area contributed by atoms with Gasteiger partial charge in [0.2, 0.25) is 0 Å². The number of hydrogen-bond acceptors (Lipinski definition) is 2. The Morgan fingerprint density at radius 1 is 0.250 bits per heavy atom. The van der Waals surface area contributed by atoms with Crippen LogP contribution in [-0.2, 0) is 0 Å². The van der Waals surface area contributed by atoms with Gasteiger partial charge in [0.15, 0.2) is 0 Å². The minimum absolute atomic E-state index is 0.880. The van der Waals surface area contributed by atoms with Gasteiger partial charge in [-0.3, -0.25) is 0 Å². The number of fused-ring (bicyclic) bond motifs is 9. The van der Waals surface area contributed by atoms with Crippen LogP contribution in [0, 0.1) is 0 Å². The van der Waals surface area contributed by atoms with Crippen molar-refractivity contribution >= 4 is 76.2 Å². The van der Waals surface area contributed by atoms with Crippen molar-refractivity contribution in [1.82, 2.24) is 0 Å². The predicted molar refractivity (Wildman–Crippen MR) is 235 cm³/mol. The fraction of sp³-hybridized carbons (Fsp3) is 0. The van der Waals surface area contributed by atoms with Crippen molar-refractivity contribution in [3.05, 3.63) is 194 Å². The maximum absolute atomic E-state index is 6.93. The monoisotopic (exact) mass is 712 g/mol. The van der Waals surface area contributed by atoms with Crippen LogP contribution in [0.3, 0.4) is 0 Å². The highest BCUT2D eigenvalue weighted by Crippen LogP contribution is 2.49. The van der Waals surface area contributed by atoms with E-state index in [-0.39, 0.29) is 0 Å². The van der Waals surface area contributed by atoms with Gasteiger partial charge >= 0.3 is 0 Å². The molecule has 0 saturated carbocycles. The predicted octanol–water partition coefficient (Wildman–Crippen LogP) is 15.6. The first-order valence-electron chi connectivity index (χ1n) is 19.2. The van der Waals surface area contributed by atoms with Crippen LogP contribution in [0.5, 0.6) is 0 Å². The SMILES string of the molecule is c1ccc2c(-c3c4ccccc4c(-c4ccc(-c5ccc(-c6cccc7c6oc6ccccc67)cc5)c5c4oc4ccccc45)c4ccccc34)cccc2c1. The van der Waals surface area contributed by atoms with Crippen LogP contribution >= 0.6 is 0 Å². The van der Waals surface area contributed by atoms with E-state index in [4.69, 9.17) is 8.83 Å². The molecule has 12 aromatic rings. The fourth-order valence-corrected chi connectivity index (χ4v) is 9.22. The Hall–Kier alpha value is -7.42. The average molecular weight is 713 g/mol. The van der Waals surface area contributed by atoms with Gasteiger partial charge in [-0.1, -0.05) is 176 Å². The summed E-state index contributed by atoms with van der Waals surface area (Å²) in [5.41, 5.74) is 12.9. The third-order valence-electron chi connectivity index (χ3n) is 11.7. The molecule has 0 unspecified atom stereocenters. The van der Waals surface area contributed by atoms with Crippen LogP contribution in [0.1, 0.15) is 0 Å². The van der Waals surface area contributed by atoms with E-state index >= 15 is 0 Å². The Bertz CT molecular complexity index is 3460. The molecule has 0 atom stereocenters. The van der Waals surface area contributed by atoms with E-state index in [1.807, 2.05) is 12.1 Å². The molecule has 260 valence electrons. The molecule has 0 aliphatic rings. The number of para-hydroxylation sites is 3. The summed E-state index contributed by atoms with van der Waals surface area (Å²) in [6.45, 7) is 0. The van der Waals surface area contributed by atoms with Gasteiger partial charge in [-0.15, -0.1) is 0 Å². The molecule has 0 aliphatic carbocycles. The van der Waals surface area contributed by atoms with Crippen LogP contribution in [0.4, 0.5) is 0 Å². The van der Waals surface area contributed by atoms with E-state index in [1.165, 1.54) is 49.0 Å². The molecule has 2 aromatic heterocycles. The Morgan fingerprint density at radius 2 is 0.696 bits per heavy atom. The lowest BCUT2D eigenvalue weighted by atomic mass is 9.84. The minimum Gasteiger partial charge on any atom is -0.455 e. The molecule has 0 fully saturated rings. The summed E-state index contributed by atoms with van der Waals surface area (Å²) in [5.74, 6) is 0. The standard InChI is InChI=1S/C54H32O2/c1-2-15-36-33(13-1)14-11-23-40(36)50-41-17-3-5-19-43(41)51(44-20-6-4-18-42(44)50)47-32-31-37(52-46-21-8-10-26-49(46)56-54(47)52)34-27-29-35(30-28-34)38-22-12-24-45-39-16-7-9-25-48(39)55-53(38)45/h1-32H. The Morgan fingerprint density at radius 3 is 1.39 bits per heavy atom. The third-order valence-corrected chi connectivity index (χ3v) is 11.7. The summed E-state index contributed by atoms with van der Waals surface area (Å²) >= 11 is 0. The lowest BCUT2D eigenvalue weighted by Gasteiger charge is -2.19. The van der Waals surface area contributed by atoms with Gasteiger partial charge in [-0.25, -0.2) is 0 Å². The van der Waals surface area contributed by atoms with E-state index < -0.39 is 0 Å². The Balaban J connectivity index is 1.09. The van der Waals surface area contributed by atoms with E-state index in [9.17, 15) is 0 Å². The molecule has 0 bridgehead atoms.